The lowest BCUT2D eigenvalue weighted by Crippen LogP contribution is -2.26. The van der Waals surface area contributed by atoms with Crippen LogP contribution < -0.4 is 5.32 Å². The maximum atomic E-state index is 10.1. The van der Waals surface area contributed by atoms with Crippen molar-refractivity contribution in [2.75, 3.05) is 13.1 Å². The van der Waals surface area contributed by atoms with Gasteiger partial charge in [0.2, 0.25) is 0 Å². The van der Waals surface area contributed by atoms with Crippen LogP contribution in [0.1, 0.15) is 29.9 Å². The van der Waals surface area contributed by atoms with Crippen LogP contribution in [0.25, 0.3) is 0 Å². The molecule has 1 fully saturated rings. The molecule has 0 amide bonds. The summed E-state index contributed by atoms with van der Waals surface area (Å²) in [5.74, 6) is 0.935. The molecular weight excluding hydrogens is 254 g/mol. The maximum Gasteiger partial charge on any atom is 0.133 e. The van der Waals surface area contributed by atoms with Crippen molar-refractivity contribution in [3.63, 3.8) is 0 Å². The summed E-state index contributed by atoms with van der Waals surface area (Å²) in [4.78, 5) is 0. The van der Waals surface area contributed by atoms with Crippen molar-refractivity contribution in [2.24, 2.45) is 0 Å². The zero-order valence-corrected chi connectivity index (χ0v) is 10.5. The van der Waals surface area contributed by atoms with Crippen molar-refractivity contribution in [1.29, 1.82) is 0 Å². The number of hydrogen-bond donors (Lipinski definition) is 2. The second kappa shape index (κ2) is 4.54. The number of aryl methyl sites for hydroxylation is 1. The fourth-order valence-electron chi connectivity index (χ4n) is 2.14. The summed E-state index contributed by atoms with van der Waals surface area (Å²) >= 11 is 3.43. The van der Waals surface area contributed by atoms with E-state index in [0.717, 1.165) is 41.5 Å². The monoisotopic (exact) mass is 269 g/mol. The van der Waals surface area contributed by atoms with Crippen molar-refractivity contribution < 1.29 is 5.11 Å². The first-order chi connectivity index (χ1) is 7.20. The Balaban J connectivity index is 2.31. The van der Waals surface area contributed by atoms with Crippen molar-refractivity contribution >= 4 is 15.9 Å². The molecule has 0 radical (unpaired) electrons. The first-order valence-corrected chi connectivity index (χ1v) is 6.18. The predicted molar refractivity (Wildman–Crippen MR) is 65.4 cm³/mol. The summed E-state index contributed by atoms with van der Waals surface area (Å²) in [6.45, 7) is 4.10. The number of phenols is 1. The van der Waals surface area contributed by atoms with E-state index in [1.807, 2.05) is 6.92 Å². The summed E-state index contributed by atoms with van der Waals surface area (Å²) in [6, 6.07) is 4.13. The average molecular weight is 270 g/mol. The molecule has 1 aromatic carbocycles. The third kappa shape index (κ3) is 2.18. The molecule has 0 bridgehead atoms. The summed E-state index contributed by atoms with van der Waals surface area (Å²) in [7, 11) is 0. The van der Waals surface area contributed by atoms with E-state index in [2.05, 4.69) is 33.4 Å². The van der Waals surface area contributed by atoms with Crippen LogP contribution in [0.15, 0.2) is 16.6 Å². The highest BCUT2D eigenvalue weighted by Gasteiger charge is 2.19. The quantitative estimate of drug-likeness (QED) is 0.822. The highest BCUT2D eigenvalue weighted by Crippen LogP contribution is 2.38. The zero-order valence-electron chi connectivity index (χ0n) is 8.89. The molecular formula is C12H16BrNO. The molecule has 0 aromatic heterocycles. The van der Waals surface area contributed by atoms with Crippen molar-refractivity contribution in [2.45, 2.75) is 25.7 Å². The third-order valence-electron chi connectivity index (χ3n) is 3.12. The summed E-state index contributed by atoms with van der Waals surface area (Å²) in [5.41, 5.74) is 2.18. The number of benzene rings is 1. The zero-order chi connectivity index (χ0) is 10.8. The average Bonchev–Trinajstić information content (AvgIpc) is 2.27. The van der Waals surface area contributed by atoms with Crippen LogP contribution in [0.5, 0.6) is 5.75 Å². The van der Waals surface area contributed by atoms with Crippen LogP contribution in [-0.4, -0.2) is 18.2 Å². The van der Waals surface area contributed by atoms with E-state index in [1.54, 1.807) is 0 Å². The van der Waals surface area contributed by atoms with Gasteiger partial charge in [-0.3, -0.25) is 0 Å². The van der Waals surface area contributed by atoms with Crippen LogP contribution >= 0.6 is 15.9 Å². The summed E-state index contributed by atoms with van der Waals surface area (Å²) in [6.07, 6.45) is 2.23. The molecule has 0 saturated carbocycles. The molecule has 0 unspecified atom stereocenters. The third-order valence-corrected chi connectivity index (χ3v) is 4.12. The number of hydrogen-bond acceptors (Lipinski definition) is 2. The maximum absolute atomic E-state index is 10.1. The van der Waals surface area contributed by atoms with Crippen LogP contribution in [0.4, 0.5) is 0 Å². The lowest BCUT2D eigenvalue weighted by Gasteiger charge is -2.24. The largest absolute Gasteiger partial charge is 0.506 e. The molecule has 0 spiro atoms. The Morgan fingerprint density at radius 1 is 1.33 bits per heavy atom. The van der Waals surface area contributed by atoms with Gasteiger partial charge in [-0.05, 0) is 65.8 Å². The van der Waals surface area contributed by atoms with Gasteiger partial charge in [0.15, 0.2) is 0 Å². The molecule has 1 heterocycles. The first-order valence-electron chi connectivity index (χ1n) is 5.39. The van der Waals surface area contributed by atoms with Gasteiger partial charge in [-0.25, -0.2) is 0 Å². The Morgan fingerprint density at radius 2 is 2.00 bits per heavy atom. The number of halogens is 1. The van der Waals surface area contributed by atoms with Gasteiger partial charge >= 0.3 is 0 Å². The van der Waals surface area contributed by atoms with Crippen LogP contribution in [0, 0.1) is 6.92 Å². The Morgan fingerprint density at radius 3 is 2.67 bits per heavy atom. The fraction of sp³-hybridized carbons (Fsp3) is 0.500. The Hall–Kier alpha value is -0.540. The molecule has 1 saturated heterocycles. The highest BCUT2D eigenvalue weighted by atomic mass is 79.9. The van der Waals surface area contributed by atoms with Crippen LogP contribution in [-0.2, 0) is 0 Å². The van der Waals surface area contributed by atoms with E-state index in [4.69, 9.17) is 0 Å². The molecule has 3 heteroatoms. The molecule has 82 valence electrons. The van der Waals surface area contributed by atoms with Gasteiger partial charge in [-0.1, -0.05) is 12.1 Å². The summed E-state index contributed by atoms with van der Waals surface area (Å²) < 4.78 is 0.846. The van der Waals surface area contributed by atoms with E-state index in [-0.39, 0.29) is 0 Å². The number of nitrogens with one attached hydrogen (secondary N) is 1. The van der Waals surface area contributed by atoms with Crippen molar-refractivity contribution in [1.82, 2.24) is 5.32 Å². The second-order valence-corrected chi connectivity index (χ2v) is 4.95. The van der Waals surface area contributed by atoms with Crippen molar-refractivity contribution in [3.05, 3.63) is 27.7 Å². The topological polar surface area (TPSA) is 32.3 Å². The second-order valence-electron chi connectivity index (χ2n) is 4.16. The molecule has 15 heavy (non-hydrogen) atoms. The molecule has 2 nitrogen and oxygen atoms in total. The standard InChI is InChI=1S/C12H16BrNO/c1-8-2-3-10(12(15)11(8)13)9-4-6-14-7-5-9/h2-3,9,14-15H,4-7H2,1H3. The molecule has 2 N–H and O–H groups in total. The normalized spacial score (nSPS) is 18.0. The van der Waals surface area contributed by atoms with Crippen LogP contribution in [0.3, 0.4) is 0 Å². The van der Waals surface area contributed by atoms with E-state index < -0.39 is 0 Å². The molecule has 1 aromatic rings. The van der Waals surface area contributed by atoms with Gasteiger partial charge in [0, 0.05) is 0 Å². The van der Waals surface area contributed by atoms with Crippen LogP contribution in [0.2, 0.25) is 0 Å². The first kappa shape index (κ1) is 11.0. The lowest BCUT2D eigenvalue weighted by atomic mass is 9.89. The minimum atomic E-state index is 0.432. The Labute approximate surface area is 98.8 Å². The fourth-order valence-corrected chi connectivity index (χ4v) is 2.50. The van der Waals surface area contributed by atoms with Crippen molar-refractivity contribution in [3.8, 4) is 5.75 Å². The molecule has 1 aliphatic heterocycles. The summed E-state index contributed by atoms with van der Waals surface area (Å²) in [5, 5.41) is 13.4. The Bertz CT molecular complexity index is 359. The number of rotatable bonds is 1. The number of aromatic hydroxyl groups is 1. The van der Waals surface area contributed by atoms with Gasteiger partial charge in [-0.15, -0.1) is 0 Å². The van der Waals surface area contributed by atoms with Gasteiger partial charge < -0.3 is 10.4 Å². The molecule has 0 aliphatic carbocycles. The molecule has 1 aliphatic rings. The Kier molecular flexibility index (Phi) is 3.32. The van der Waals surface area contributed by atoms with E-state index in [0.29, 0.717) is 11.7 Å². The van der Waals surface area contributed by atoms with Gasteiger partial charge in [0.05, 0.1) is 4.47 Å². The predicted octanol–water partition coefficient (Wildman–Crippen LogP) is 2.93. The lowest BCUT2D eigenvalue weighted by molar-refractivity contribution is 0.422. The minimum Gasteiger partial charge on any atom is -0.506 e. The molecule has 2 rings (SSSR count). The van der Waals surface area contributed by atoms with E-state index in [9.17, 15) is 5.11 Å². The highest BCUT2D eigenvalue weighted by molar-refractivity contribution is 9.10. The smallest absolute Gasteiger partial charge is 0.133 e. The SMILES string of the molecule is Cc1ccc(C2CCNCC2)c(O)c1Br. The number of phenolic OH excluding ortho intramolecular Hbond substituents is 1. The van der Waals surface area contributed by atoms with E-state index >= 15 is 0 Å². The number of piperidine rings is 1. The van der Waals surface area contributed by atoms with Gasteiger partial charge in [-0.2, -0.15) is 0 Å². The minimum absolute atomic E-state index is 0.432. The van der Waals surface area contributed by atoms with Gasteiger partial charge in [0.25, 0.3) is 0 Å². The van der Waals surface area contributed by atoms with E-state index in [1.165, 1.54) is 0 Å². The van der Waals surface area contributed by atoms with Gasteiger partial charge in [0.1, 0.15) is 5.75 Å². The molecule has 0 atom stereocenters.